The van der Waals surface area contributed by atoms with Crippen molar-refractivity contribution >= 4 is 5.97 Å². The van der Waals surface area contributed by atoms with Gasteiger partial charge in [-0.25, -0.2) is 0 Å². The van der Waals surface area contributed by atoms with Crippen LogP contribution in [0.4, 0.5) is 0 Å². The first-order valence-corrected chi connectivity index (χ1v) is 14.0. The van der Waals surface area contributed by atoms with Gasteiger partial charge >= 0.3 is 5.97 Å². The number of fused-ring (bicyclic) bond motifs is 1. The molecule has 2 aliphatic rings. The van der Waals surface area contributed by atoms with Crippen LogP contribution in [0.5, 0.6) is 0 Å². The lowest BCUT2D eigenvalue weighted by Gasteiger charge is -2.46. The van der Waals surface area contributed by atoms with Crippen molar-refractivity contribution in [2.45, 2.75) is 115 Å². The van der Waals surface area contributed by atoms with Crippen molar-refractivity contribution in [3.63, 3.8) is 0 Å². The molecule has 1 aromatic carbocycles. The number of carbonyl (C=O) groups is 1. The predicted octanol–water partition coefficient (Wildman–Crippen LogP) is 7.30. The van der Waals surface area contributed by atoms with Gasteiger partial charge in [0.15, 0.2) is 6.29 Å². The smallest absolute Gasteiger partial charge is 0.306 e. The lowest BCUT2D eigenvalue weighted by Crippen LogP contribution is -2.57. The van der Waals surface area contributed by atoms with Gasteiger partial charge in [-0.3, -0.25) is 4.79 Å². The Hall–Kier alpha value is -1.69. The summed E-state index contributed by atoms with van der Waals surface area (Å²) in [6.07, 6.45) is 15.6. The first-order chi connectivity index (χ1) is 17.2. The van der Waals surface area contributed by atoms with E-state index in [-0.39, 0.29) is 30.2 Å². The number of esters is 1. The zero-order valence-corrected chi connectivity index (χ0v) is 21.7. The molecule has 0 N–H and O–H groups in total. The number of rotatable bonds is 16. The summed E-state index contributed by atoms with van der Waals surface area (Å²) in [5.41, 5.74) is 0.961. The maximum Gasteiger partial charge on any atom is 0.306 e. The molecule has 5 heteroatoms. The average molecular weight is 487 g/mol. The van der Waals surface area contributed by atoms with Gasteiger partial charge in [0.2, 0.25) is 0 Å². The number of hydrogen-bond acceptors (Lipinski definition) is 5. The molecule has 0 aromatic heterocycles. The van der Waals surface area contributed by atoms with E-state index in [1.165, 1.54) is 57.8 Å². The van der Waals surface area contributed by atoms with Crippen LogP contribution >= 0.6 is 0 Å². The van der Waals surface area contributed by atoms with Gasteiger partial charge in [-0.1, -0.05) is 108 Å². The Labute approximate surface area is 212 Å². The molecule has 2 saturated heterocycles. The minimum Gasteiger partial charge on any atom is -0.459 e. The highest BCUT2D eigenvalue weighted by molar-refractivity contribution is 5.69. The molecule has 0 bridgehead atoms. The Kier molecular flexibility index (Phi) is 12.9. The third-order valence-electron chi connectivity index (χ3n) is 7.16. The zero-order chi connectivity index (χ0) is 24.7. The Bertz CT molecular complexity index is 721. The molecule has 5 nitrogen and oxygen atoms in total. The molecule has 0 amide bonds. The van der Waals surface area contributed by atoms with E-state index in [2.05, 4.69) is 13.5 Å². The van der Waals surface area contributed by atoms with Gasteiger partial charge in [0.25, 0.3) is 0 Å². The van der Waals surface area contributed by atoms with E-state index in [1.54, 1.807) is 0 Å². The van der Waals surface area contributed by atoms with Crippen molar-refractivity contribution in [3.05, 3.63) is 48.6 Å². The number of allylic oxidation sites excluding steroid dienone is 1. The molecule has 0 radical (unpaired) electrons. The molecule has 0 spiro atoms. The minimum atomic E-state index is -0.476. The van der Waals surface area contributed by atoms with Crippen LogP contribution < -0.4 is 0 Å². The number of ether oxygens (including phenoxy) is 4. The van der Waals surface area contributed by atoms with Crippen LogP contribution in [0.3, 0.4) is 0 Å². The highest BCUT2D eigenvalue weighted by atomic mass is 16.7. The summed E-state index contributed by atoms with van der Waals surface area (Å²) in [5.74, 6) is -0.0865. The standard InChI is InChI=1S/C30H46O5/c1-3-5-6-7-8-9-10-11-12-13-17-21-27(31)34-28-25(18-4-2)22-32-26-23-33-30(35-29(26)28)24-19-15-14-16-20-24/h4,14-16,19-20,25-26,28-30H,2-3,5-13,17-18,21-23H2,1H3/t25-,26+,28+,29+,30?/m0/s1. The number of benzene rings is 1. The second-order valence-electron chi connectivity index (χ2n) is 10.1. The Morgan fingerprint density at radius 1 is 0.943 bits per heavy atom. The first-order valence-electron chi connectivity index (χ1n) is 14.0. The van der Waals surface area contributed by atoms with E-state index in [4.69, 9.17) is 18.9 Å². The van der Waals surface area contributed by atoms with Gasteiger partial charge in [0, 0.05) is 17.9 Å². The van der Waals surface area contributed by atoms with Crippen LogP contribution in [0.1, 0.15) is 102 Å². The summed E-state index contributed by atoms with van der Waals surface area (Å²) in [7, 11) is 0. The van der Waals surface area contributed by atoms with Crippen molar-refractivity contribution in [1.29, 1.82) is 0 Å². The van der Waals surface area contributed by atoms with Crippen molar-refractivity contribution in [3.8, 4) is 0 Å². The number of hydrogen-bond donors (Lipinski definition) is 0. The quantitative estimate of drug-likeness (QED) is 0.139. The normalized spacial score (nSPS) is 26.1. The van der Waals surface area contributed by atoms with Gasteiger partial charge in [0.05, 0.1) is 13.2 Å². The minimum absolute atomic E-state index is 0.0459. The highest BCUT2D eigenvalue weighted by Crippen LogP contribution is 2.36. The van der Waals surface area contributed by atoms with Gasteiger partial charge in [0.1, 0.15) is 18.3 Å². The molecule has 2 fully saturated rings. The molecule has 1 unspecified atom stereocenters. The second kappa shape index (κ2) is 16.1. The van der Waals surface area contributed by atoms with Gasteiger partial charge < -0.3 is 18.9 Å². The van der Waals surface area contributed by atoms with Gasteiger partial charge in [-0.05, 0) is 12.8 Å². The Balaban J connectivity index is 1.41. The van der Waals surface area contributed by atoms with Crippen molar-refractivity contribution in [2.24, 2.45) is 5.92 Å². The van der Waals surface area contributed by atoms with Gasteiger partial charge in [-0.2, -0.15) is 0 Å². The molecule has 196 valence electrons. The average Bonchev–Trinajstić information content (AvgIpc) is 2.89. The Morgan fingerprint density at radius 2 is 1.60 bits per heavy atom. The second-order valence-corrected chi connectivity index (χ2v) is 10.1. The summed E-state index contributed by atoms with van der Waals surface area (Å²) in [4.78, 5) is 12.8. The molecule has 0 aliphatic carbocycles. The van der Waals surface area contributed by atoms with E-state index in [1.807, 2.05) is 36.4 Å². The first kappa shape index (κ1) is 27.9. The maximum absolute atomic E-state index is 12.8. The summed E-state index contributed by atoms with van der Waals surface area (Å²) in [6.45, 7) is 7.09. The summed E-state index contributed by atoms with van der Waals surface area (Å²) >= 11 is 0. The molecule has 5 atom stereocenters. The lowest BCUT2D eigenvalue weighted by molar-refractivity contribution is -0.310. The van der Waals surface area contributed by atoms with E-state index in [0.29, 0.717) is 19.6 Å². The van der Waals surface area contributed by atoms with Crippen molar-refractivity contribution in [1.82, 2.24) is 0 Å². The highest BCUT2D eigenvalue weighted by Gasteiger charge is 2.47. The fraction of sp³-hybridized carbons (Fsp3) is 0.700. The molecule has 3 rings (SSSR count). The van der Waals surface area contributed by atoms with Crippen LogP contribution in [0, 0.1) is 5.92 Å². The van der Waals surface area contributed by atoms with Crippen LogP contribution in [-0.4, -0.2) is 37.5 Å². The number of carbonyl (C=O) groups excluding carboxylic acids is 1. The van der Waals surface area contributed by atoms with Crippen LogP contribution in [0.2, 0.25) is 0 Å². The SMILES string of the molecule is C=CC[C@H]1CO[C@@H]2COC(c3ccccc3)O[C@H]2[C@@H]1OC(=O)CCCCCCCCCCCCC. The maximum atomic E-state index is 12.8. The third-order valence-corrected chi connectivity index (χ3v) is 7.16. The van der Waals surface area contributed by atoms with Crippen LogP contribution in [0.15, 0.2) is 43.0 Å². The summed E-state index contributed by atoms with van der Waals surface area (Å²) < 4.78 is 24.3. The molecule has 0 saturated carbocycles. The van der Waals surface area contributed by atoms with Crippen molar-refractivity contribution in [2.75, 3.05) is 13.2 Å². The van der Waals surface area contributed by atoms with Crippen LogP contribution in [0.25, 0.3) is 0 Å². The predicted molar refractivity (Wildman–Crippen MR) is 139 cm³/mol. The zero-order valence-electron chi connectivity index (χ0n) is 21.7. The molecular formula is C30H46O5. The largest absolute Gasteiger partial charge is 0.459 e. The van der Waals surface area contributed by atoms with Gasteiger partial charge in [-0.15, -0.1) is 6.58 Å². The van der Waals surface area contributed by atoms with E-state index in [9.17, 15) is 4.79 Å². The topological polar surface area (TPSA) is 54.0 Å². The number of unbranched alkanes of at least 4 members (excludes halogenated alkanes) is 10. The molecule has 2 aliphatic heterocycles. The summed E-state index contributed by atoms with van der Waals surface area (Å²) in [5, 5.41) is 0. The van der Waals surface area contributed by atoms with Crippen molar-refractivity contribution < 1.29 is 23.7 Å². The lowest BCUT2D eigenvalue weighted by atomic mass is 9.89. The fourth-order valence-corrected chi connectivity index (χ4v) is 5.10. The molecule has 1 aromatic rings. The van der Waals surface area contributed by atoms with Crippen LogP contribution in [-0.2, 0) is 23.7 Å². The fourth-order valence-electron chi connectivity index (χ4n) is 5.10. The Morgan fingerprint density at radius 3 is 2.26 bits per heavy atom. The molecule has 35 heavy (non-hydrogen) atoms. The summed E-state index contributed by atoms with van der Waals surface area (Å²) in [6, 6.07) is 9.89. The third kappa shape index (κ3) is 9.36. The van der Waals surface area contributed by atoms with E-state index >= 15 is 0 Å². The molecule has 2 heterocycles. The van der Waals surface area contributed by atoms with E-state index < -0.39 is 6.29 Å². The van der Waals surface area contributed by atoms with E-state index in [0.717, 1.165) is 24.8 Å². The monoisotopic (exact) mass is 486 g/mol. The molecular weight excluding hydrogens is 440 g/mol.